The van der Waals surface area contributed by atoms with Crippen molar-refractivity contribution in [3.05, 3.63) is 12.2 Å². The average Bonchev–Trinajstić information content (AvgIpc) is 2.28. The lowest BCUT2D eigenvalue weighted by Crippen LogP contribution is -1.96. The van der Waals surface area contributed by atoms with Crippen molar-refractivity contribution >= 4 is 5.97 Å². The van der Waals surface area contributed by atoms with E-state index in [0.717, 1.165) is 6.42 Å². The molecule has 1 atom stereocenters. The summed E-state index contributed by atoms with van der Waals surface area (Å²) >= 11 is 0. The van der Waals surface area contributed by atoms with Crippen molar-refractivity contribution in [1.82, 2.24) is 0 Å². The fraction of sp³-hybridized carbons (Fsp3) is 0.786. The van der Waals surface area contributed by atoms with Crippen LogP contribution in [0.15, 0.2) is 12.2 Å². The van der Waals surface area contributed by atoms with E-state index in [-0.39, 0.29) is 5.97 Å². The summed E-state index contributed by atoms with van der Waals surface area (Å²) < 4.78 is 4.53. The maximum atomic E-state index is 10.8. The van der Waals surface area contributed by atoms with Crippen LogP contribution >= 0.6 is 0 Å². The monoisotopic (exact) mass is 226 g/mol. The zero-order valence-electron chi connectivity index (χ0n) is 11.0. The Kier molecular flexibility index (Phi) is 10.2. The molecule has 0 aromatic heterocycles. The quantitative estimate of drug-likeness (QED) is 0.336. The predicted octanol–water partition coefficient (Wildman–Crippen LogP) is 4.10. The first-order chi connectivity index (χ1) is 7.70. The summed E-state index contributed by atoms with van der Waals surface area (Å²) in [6.07, 6.45) is 12.4. The lowest BCUT2D eigenvalue weighted by Gasteiger charge is -2.07. The van der Waals surface area contributed by atoms with E-state index in [1.807, 2.05) is 6.08 Å². The second-order valence-corrected chi connectivity index (χ2v) is 4.47. The molecule has 0 unspecified atom stereocenters. The van der Waals surface area contributed by atoms with Gasteiger partial charge in [-0.15, -0.1) is 0 Å². The van der Waals surface area contributed by atoms with Gasteiger partial charge in [0.25, 0.3) is 0 Å². The Morgan fingerprint density at radius 2 is 1.94 bits per heavy atom. The van der Waals surface area contributed by atoms with Crippen LogP contribution in [-0.2, 0) is 9.53 Å². The third kappa shape index (κ3) is 9.75. The molecule has 16 heavy (non-hydrogen) atoms. The number of rotatable bonds is 9. The zero-order chi connectivity index (χ0) is 12.2. The number of hydrogen-bond acceptors (Lipinski definition) is 2. The Morgan fingerprint density at radius 1 is 1.25 bits per heavy atom. The lowest BCUT2D eigenvalue weighted by molar-refractivity contribution is -0.134. The highest BCUT2D eigenvalue weighted by molar-refractivity contribution is 5.81. The Bertz CT molecular complexity index is 197. The Hall–Kier alpha value is -0.790. The van der Waals surface area contributed by atoms with Gasteiger partial charge in [0.2, 0.25) is 0 Å². The number of unbranched alkanes of at least 4 members (excludes halogenated alkanes) is 4. The van der Waals surface area contributed by atoms with E-state index in [1.165, 1.54) is 51.7 Å². The van der Waals surface area contributed by atoms with Gasteiger partial charge < -0.3 is 4.74 Å². The van der Waals surface area contributed by atoms with E-state index in [9.17, 15) is 4.79 Å². The highest BCUT2D eigenvalue weighted by atomic mass is 16.5. The normalized spacial score (nSPS) is 12.9. The number of carbonyl (C=O) groups is 1. The van der Waals surface area contributed by atoms with Gasteiger partial charge in [0.15, 0.2) is 0 Å². The minimum atomic E-state index is -0.254. The molecule has 0 rings (SSSR count). The van der Waals surface area contributed by atoms with E-state index < -0.39 is 0 Å². The second-order valence-electron chi connectivity index (χ2n) is 4.47. The van der Waals surface area contributed by atoms with E-state index in [4.69, 9.17) is 0 Å². The van der Waals surface area contributed by atoms with Crippen LogP contribution in [0.5, 0.6) is 0 Å². The summed E-state index contributed by atoms with van der Waals surface area (Å²) in [5, 5.41) is 0. The molecule has 0 radical (unpaired) electrons. The van der Waals surface area contributed by atoms with Gasteiger partial charge in [-0.25, -0.2) is 4.79 Å². The van der Waals surface area contributed by atoms with Crippen LogP contribution in [0.25, 0.3) is 0 Å². The van der Waals surface area contributed by atoms with Crippen LogP contribution in [0.3, 0.4) is 0 Å². The fourth-order valence-electron chi connectivity index (χ4n) is 1.68. The molecule has 0 N–H and O–H groups in total. The van der Waals surface area contributed by atoms with Crippen molar-refractivity contribution < 1.29 is 9.53 Å². The first-order valence-corrected chi connectivity index (χ1v) is 6.45. The van der Waals surface area contributed by atoms with E-state index in [1.54, 1.807) is 0 Å². The first kappa shape index (κ1) is 15.2. The summed E-state index contributed by atoms with van der Waals surface area (Å²) in [5.41, 5.74) is 0. The highest BCUT2D eigenvalue weighted by Gasteiger charge is 2.00. The van der Waals surface area contributed by atoms with Gasteiger partial charge in [0.1, 0.15) is 0 Å². The SMILES string of the molecule is CCCCCCC[C@@H](C)C/C=C/C(=O)OC. The molecule has 94 valence electrons. The molecular weight excluding hydrogens is 200 g/mol. The third-order valence-corrected chi connectivity index (χ3v) is 2.79. The molecule has 0 heterocycles. The summed E-state index contributed by atoms with van der Waals surface area (Å²) in [7, 11) is 1.41. The van der Waals surface area contributed by atoms with E-state index >= 15 is 0 Å². The Morgan fingerprint density at radius 3 is 2.56 bits per heavy atom. The number of allylic oxidation sites excluding steroid dienone is 1. The Balaban J connectivity index is 3.40. The predicted molar refractivity (Wildman–Crippen MR) is 68.3 cm³/mol. The van der Waals surface area contributed by atoms with Crippen molar-refractivity contribution in [2.24, 2.45) is 5.92 Å². The molecular formula is C14H26O2. The molecule has 0 amide bonds. The second kappa shape index (κ2) is 10.7. The molecule has 2 heteroatoms. The molecule has 0 aliphatic rings. The van der Waals surface area contributed by atoms with Crippen molar-refractivity contribution in [2.45, 2.75) is 58.8 Å². The highest BCUT2D eigenvalue weighted by Crippen LogP contribution is 2.14. The van der Waals surface area contributed by atoms with Gasteiger partial charge >= 0.3 is 5.97 Å². The summed E-state index contributed by atoms with van der Waals surface area (Å²) in [6.45, 7) is 4.47. The maximum absolute atomic E-state index is 10.8. The van der Waals surface area contributed by atoms with Gasteiger partial charge in [0.05, 0.1) is 7.11 Å². The molecule has 0 fully saturated rings. The van der Waals surface area contributed by atoms with E-state index in [2.05, 4.69) is 18.6 Å². The molecule has 0 aliphatic carbocycles. The molecule has 0 spiro atoms. The average molecular weight is 226 g/mol. The largest absolute Gasteiger partial charge is 0.466 e. The summed E-state index contributed by atoms with van der Waals surface area (Å²) in [6, 6.07) is 0. The Labute approximate surface area is 100 Å². The molecule has 0 bridgehead atoms. The zero-order valence-corrected chi connectivity index (χ0v) is 11.0. The van der Waals surface area contributed by atoms with Gasteiger partial charge in [0, 0.05) is 6.08 Å². The number of hydrogen-bond donors (Lipinski definition) is 0. The van der Waals surface area contributed by atoms with Crippen molar-refractivity contribution in [2.75, 3.05) is 7.11 Å². The number of esters is 1. The summed E-state index contributed by atoms with van der Waals surface area (Å²) in [5.74, 6) is 0.415. The maximum Gasteiger partial charge on any atom is 0.330 e. The smallest absolute Gasteiger partial charge is 0.330 e. The van der Waals surface area contributed by atoms with Gasteiger partial charge in [-0.05, 0) is 12.3 Å². The van der Waals surface area contributed by atoms with Crippen molar-refractivity contribution in [3.8, 4) is 0 Å². The van der Waals surface area contributed by atoms with Crippen LogP contribution in [0.1, 0.15) is 58.8 Å². The molecule has 2 nitrogen and oxygen atoms in total. The van der Waals surface area contributed by atoms with Gasteiger partial charge in [-0.1, -0.05) is 58.4 Å². The van der Waals surface area contributed by atoms with Gasteiger partial charge in [-0.3, -0.25) is 0 Å². The molecule has 0 saturated carbocycles. The van der Waals surface area contributed by atoms with Crippen LogP contribution in [-0.4, -0.2) is 13.1 Å². The van der Waals surface area contributed by atoms with E-state index in [0.29, 0.717) is 5.92 Å². The third-order valence-electron chi connectivity index (χ3n) is 2.79. The molecule has 0 aromatic rings. The minimum absolute atomic E-state index is 0.254. The minimum Gasteiger partial charge on any atom is -0.466 e. The van der Waals surface area contributed by atoms with Crippen LogP contribution in [0.4, 0.5) is 0 Å². The van der Waals surface area contributed by atoms with Crippen LogP contribution in [0.2, 0.25) is 0 Å². The molecule has 0 aromatic carbocycles. The van der Waals surface area contributed by atoms with Gasteiger partial charge in [-0.2, -0.15) is 0 Å². The van der Waals surface area contributed by atoms with Crippen LogP contribution in [0, 0.1) is 5.92 Å². The topological polar surface area (TPSA) is 26.3 Å². The fourth-order valence-corrected chi connectivity index (χ4v) is 1.68. The first-order valence-electron chi connectivity index (χ1n) is 6.45. The summed E-state index contributed by atoms with van der Waals surface area (Å²) in [4.78, 5) is 10.8. The molecule has 0 aliphatic heterocycles. The van der Waals surface area contributed by atoms with Crippen molar-refractivity contribution in [1.29, 1.82) is 0 Å². The lowest BCUT2D eigenvalue weighted by atomic mass is 9.99. The van der Waals surface area contributed by atoms with Crippen molar-refractivity contribution in [3.63, 3.8) is 0 Å². The van der Waals surface area contributed by atoms with Crippen LogP contribution < -0.4 is 0 Å². The molecule has 0 saturated heterocycles. The number of ether oxygens (including phenoxy) is 1. The number of methoxy groups -OCH3 is 1. The standard InChI is InChI=1S/C14H26O2/c1-4-5-6-7-8-10-13(2)11-9-12-14(15)16-3/h9,12-13H,4-8,10-11H2,1-3H3/b12-9+/t13-/m1/s1. The number of carbonyl (C=O) groups excluding carboxylic acids is 1.